The fourth-order valence-electron chi connectivity index (χ4n) is 4.02. The van der Waals surface area contributed by atoms with Crippen molar-refractivity contribution in [1.29, 1.82) is 0 Å². The fourth-order valence-corrected chi connectivity index (χ4v) is 4.02. The molecule has 0 saturated carbocycles. The molecular formula is C18H37N3. The fraction of sp³-hybridized carbons (Fsp3) is 1.00. The second kappa shape index (κ2) is 9.12. The Balaban J connectivity index is 1.76. The lowest BCUT2D eigenvalue weighted by molar-refractivity contribution is 0.0688. The van der Waals surface area contributed by atoms with E-state index in [1.165, 1.54) is 77.7 Å². The van der Waals surface area contributed by atoms with Gasteiger partial charge in [0.1, 0.15) is 0 Å². The number of hydrogen-bond donors (Lipinski definition) is 1. The van der Waals surface area contributed by atoms with E-state index in [0.29, 0.717) is 6.04 Å². The molecule has 124 valence electrons. The second-order valence-corrected chi connectivity index (χ2v) is 7.37. The molecule has 0 aromatic heterocycles. The second-order valence-electron chi connectivity index (χ2n) is 7.37. The van der Waals surface area contributed by atoms with E-state index in [4.69, 9.17) is 0 Å². The Morgan fingerprint density at radius 3 is 2.24 bits per heavy atom. The van der Waals surface area contributed by atoms with Crippen LogP contribution in [0.5, 0.6) is 0 Å². The van der Waals surface area contributed by atoms with Crippen LogP contribution in [-0.2, 0) is 0 Å². The van der Waals surface area contributed by atoms with Gasteiger partial charge in [-0.2, -0.15) is 0 Å². The predicted octanol–water partition coefficient (Wildman–Crippen LogP) is 3.10. The van der Waals surface area contributed by atoms with Crippen molar-refractivity contribution in [1.82, 2.24) is 15.1 Å². The molecule has 3 heteroatoms. The van der Waals surface area contributed by atoms with Crippen molar-refractivity contribution in [2.75, 3.05) is 32.7 Å². The maximum absolute atomic E-state index is 3.65. The number of piperidine rings is 2. The van der Waals surface area contributed by atoms with Crippen LogP contribution in [0, 0.1) is 0 Å². The summed E-state index contributed by atoms with van der Waals surface area (Å²) in [4.78, 5) is 5.54. The molecule has 2 fully saturated rings. The Labute approximate surface area is 132 Å². The smallest absolute Gasteiger partial charge is 0.0220 e. The van der Waals surface area contributed by atoms with E-state index >= 15 is 0 Å². The summed E-state index contributed by atoms with van der Waals surface area (Å²) >= 11 is 0. The lowest BCUT2D eigenvalue weighted by Gasteiger charge is -2.43. The molecule has 1 atom stereocenters. The number of rotatable bonds is 7. The van der Waals surface area contributed by atoms with Crippen molar-refractivity contribution in [3.8, 4) is 0 Å². The summed E-state index contributed by atoms with van der Waals surface area (Å²) in [6.07, 6.45) is 9.73. The van der Waals surface area contributed by atoms with E-state index < -0.39 is 0 Å². The van der Waals surface area contributed by atoms with Crippen molar-refractivity contribution < 1.29 is 0 Å². The SMILES string of the molecule is CCCC(CNC(C)C)N1CCC(N2CCCCC2)CC1. The van der Waals surface area contributed by atoms with Gasteiger partial charge in [0.15, 0.2) is 0 Å². The molecule has 2 aliphatic heterocycles. The van der Waals surface area contributed by atoms with Gasteiger partial charge in [-0.05, 0) is 58.3 Å². The zero-order valence-corrected chi connectivity index (χ0v) is 14.6. The van der Waals surface area contributed by atoms with E-state index in [1.807, 2.05) is 0 Å². The highest BCUT2D eigenvalue weighted by Gasteiger charge is 2.28. The first-order valence-electron chi connectivity index (χ1n) is 9.42. The van der Waals surface area contributed by atoms with Gasteiger partial charge < -0.3 is 10.2 Å². The average Bonchev–Trinajstić information content (AvgIpc) is 2.52. The quantitative estimate of drug-likeness (QED) is 0.778. The molecular weight excluding hydrogens is 258 g/mol. The zero-order valence-electron chi connectivity index (χ0n) is 14.6. The Bertz CT molecular complexity index is 266. The minimum atomic E-state index is 0.607. The zero-order chi connectivity index (χ0) is 15.1. The predicted molar refractivity (Wildman–Crippen MR) is 91.9 cm³/mol. The highest BCUT2D eigenvalue weighted by atomic mass is 15.2. The van der Waals surface area contributed by atoms with Crippen LogP contribution < -0.4 is 5.32 Å². The average molecular weight is 296 g/mol. The lowest BCUT2D eigenvalue weighted by Crippen LogP contribution is -2.51. The molecule has 0 amide bonds. The Kier molecular flexibility index (Phi) is 7.48. The van der Waals surface area contributed by atoms with Gasteiger partial charge in [-0.3, -0.25) is 4.90 Å². The minimum absolute atomic E-state index is 0.607. The molecule has 0 aromatic carbocycles. The van der Waals surface area contributed by atoms with Crippen molar-refractivity contribution in [2.24, 2.45) is 0 Å². The van der Waals surface area contributed by atoms with Gasteiger partial charge >= 0.3 is 0 Å². The van der Waals surface area contributed by atoms with Crippen molar-refractivity contribution in [3.05, 3.63) is 0 Å². The molecule has 0 aliphatic carbocycles. The van der Waals surface area contributed by atoms with Crippen LogP contribution in [-0.4, -0.2) is 60.6 Å². The van der Waals surface area contributed by atoms with Crippen molar-refractivity contribution in [2.45, 2.75) is 83.8 Å². The summed E-state index contributed by atoms with van der Waals surface area (Å²) in [6.45, 7) is 13.3. The van der Waals surface area contributed by atoms with Gasteiger partial charge in [0.2, 0.25) is 0 Å². The van der Waals surface area contributed by atoms with Crippen LogP contribution in [0.2, 0.25) is 0 Å². The van der Waals surface area contributed by atoms with E-state index in [2.05, 4.69) is 35.9 Å². The molecule has 2 aliphatic rings. The summed E-state index contributed by atoms with van der Waals surface area (Å²) in [6, 6.07) is 2.23. The third kappa shape index (κ3) is 5.54. The number of hydrogen-bond acceptors (Lipinski definition) is 3. The van der Waals surface area contributed by atoms with Gasteiger partial charge in [-0.1, -0.05) is 33.6 Å². The maximum atomic E-state index is 3.65. The standard InChI is InChI=1S/C18H37N3/c1-4-8-18(15-19-16(2)3)21-13-9-17(10-14-21)20-11-6-5-7-12-20/h16-19H,4-15H2,1-3H3. The summed E-state index contributed by atoms with van der Waals surface area (Å²) in [5.41, 5.74) is 0. The molecule has 0 spiro atoms. The highest BCUT2D eigenvalue weighted by molar-refractivity contribution is 4.85. The first-order chi connectivity index (χ1) is 10.2. The Morgan fingerprint density at radius 2 is 1.67 bits per heavy atom. The van der Waals surface area contributed by atoms with Crippen LogP contribution >= 0.6 is 0 Å². The lowest BCUT2D eigenvalue weighted by atomic mass is 9.97. The van der Waals surface area contributed by atoms with Gasteiger partial charge in [0.25, 0.3) is 0 Å². The number of nitrogens with zero attached hydrogens (tertiary/aromatic N) is 2. The van der Waals surface area contributed by atoms with Gasteiger partial charge in [-0.15, -0.1) is 0 Å². The van der Waals surface area contributed by atoms with Gasteiger partial charge in [0, 0.05) is 24.7 Å². The molecule has 1 N–H and O–H groups in total. The summed E-state index contributed by atoms with van der Waals surface area (Å²) in [5, 5.41) is 3.65. The molecule has 0 bridgehead atoms. The van der Waals surface area contributed by atoms with Crippen LogP contribution in [0.15, 0.2) is 0 Å². The highest BCUT2D eigenvalue weighted by Crippen LogP contribution is 2.22. The molecule has 0 radical (unpaired) electrons. The molecule has 2 saturated heterocycles. The topological polar surface area (TPSA) is 18.5 Å². The molecule has 0 aromatic rings. The van der Waals surface area contributed by atoms with Crippen LogP contribution in [0.1, 0.15) is 65.7 Å². The molecule has 21 heavy (non-hydrogen) atoms. The monoisotopic (exact) mass is 295 g/mol. The van der Waals surface area contributed by atoms with Crippen LogP contribution in [0.3, 0.4) is 0 Å². The summed E-state index contributed by atoms with van der Waals surface area (Å²) < 4.78 is 0. The summed E-state index contributed by atoms with van der Waals surface area (Å²) in [5.74, 6) is 0. The third-order valence-electron chi connectivity index (χ3n) is 5.31. The van der Waals surface area contributed by atoms with E-state index in [-0.39, 0.29) is 0 Å². The molecule has 2 rings (SSSR count). The first kappa shape index (κ1) is 17.2. The summed E-state index contributed by atoms with van der Waals surface area (Å²) in [7, 11) is 0. The largest absolute Gasteiger partial charge is 0.313 e. The van der Waals surface area contributed by atoms with Crippen LogP contribution in [0.25, 0.3) is 0 Å². The number of nitrogens with one attached hydrogen (secondary N) is 1. The van der Waals surface area contributed by atoms with Crippen molar-refractivity contribution in [3.63, 3.8) is 0 Å². The third-order valence-corrected chi connectivity index (χ3v) is 5.31. The van der Waals surface area contributed by atoms with Gasteiger partial charge in [-0.25, -0.2) is 0 Å². The van der Waals surface area contributed by atoms with Gasteiger partial charge in [0.05, 0.1) is 0 Å². The van der Waals surface area contributed by atoms with Crippen LogP contribution in [0.4, 0.5) is 0 Å². The molecule has 3 nitrogen and oxygen atoms in total. The van der Waals surface area contributed by atoms with E-state index in [1.54, 1.807) is 0 Å². The number of likely N-dealkylation sites (tertiary alicyclic amines) is 2. The maximum Gasteiger partial charge on any atom is 0.0220 e. The van der Waals surface area contributed by atoms with E-state index in [0.717, 1.165) is 12.1 Å². The molecule has 1 unspecified atom stereocenters. The molecule has 2 heterocycles. The van der Waals surface area contributed by atoms with Crippen molar-refractivity contribution >= 4 is 0 Å². The first-order valence-corrected chi connectivity index (χ1v) is 9.42. The Hall–Kier alpha value is -0.120. The van der Waals surface area contributed by atoms with E-state index in [9.17, 15) is 0 Å². The Morgan fingerprint density at radius 1 is 1.00 bits per heavy atom. The normalized spacial score (nSPS) is 24.6. The minimum Gasteiger partial charge on any atom is -0.313 e.